The van der Waals surface area contributed by atoms with Gasteiger partial charge in [0.1, 0.15) is 11.6 Å². The molecule has 2 aromatic carbocycles. The molecule has 0 aliphatic heterocycles. The van der Waals surface area contributed by atoms with Gasteiger partial charge in [-0.25, -0.2) is 4.39 Å². The molecule has 126 valence electrons. The lowest BCUT2D eigenvalue weighted by Crippen LogP contribution is -2.26. The summed E-state index contributed by atoms with van der Waals surface area (Å²) in [7, 11) is 1.46. The van der Waals surface area contributed by atoms with Crippen LogP contribution in [-0.4, -0.2) is 25.5 Å². The van der Waals surface area contributed by atoms with Gasteiger partial charge in [-0.05, 0) is 36.2 Å². The number of hydrogen-bond acceptors (Lipinski definition) is 3. The Hall–Kier alpha value is -2.89. The second-order valence-corrected chi connectivity index (χ2v) is 5.19. The summed E-state index contributed by atoms with van der Waals surface area (Å²) in [5.41, 5.74) is 1.34. The summed E-state index contributed by atoms with van der Waals surface area (Å²) in [6, 6.07) is 11.2. The van der Waals surface area contributed by atoms with Crippen LogP contribution in [0.2, 0.25) is 0 Å². The Morgan fingerprint density at radius 2 is 1.92 bits per heavy atom. The van der Waals surface area contributed by atoms with Crippen molar-refractivity contribution >= 4 is 17.5 Å². The zero-order chi connectivity index (χ0) is 17.5. The topological polar surface area (TPSA) is 67.4 Å². The summed E-state index contributed by atoms with van der Waals surface area (Å²) in [6.45, 7) is 1.67. The molecule has 0 saturated heterocycles. The Balaban J connectivity index is 2.05. The Morgan fingerprint density at radius 3 is 2.58 bits per heavy atom. The van der Waals surface area contributed by atoms with Crippen molar-refractivity contribution in [2.75, 3.05) is 19.0 Å². The van der Waals surface area contributed by atoms with Gasteiger partial charge < -0.3 is 15.4 Å². The Labute approximate surface area is 139 Å². The van der Waals surface area contributed by atoms with Crippen molar-refractivity contribution in [3.05, 3.63) is 59.4 Å². The molecule has 6 heteroatoms. The van der Waals surface area contributed by atoms with E-state index in [9.17, 15) is 14.0 Å². The number of carbonyl (C=O) groups is 2. The smallest absolute Gasteiger partial charge is 0.255 e. The van der Waals surface area contributed by atoms with Gasteiger partial charge in [-0.2, -0.15) is 0 Å². The predicted octanol–water partition coefficient (Wildman–Crippen LogP) is 2.77. The van der Waals surface area contributed by atoms with Crippen LogP contribution < -0.4 is 15.4 Å². The van der Waals surface area contributed by atoms with E-state index in [-0.39, 0.29) is 24.2 Å². The van der Waals surface area contributed by atoms with Crippen molar-refractivity contribution in [1.82, 2.24) is 5.32 Å². The number of anilines is 1. The highest BCUT2D eigenvalue weighted by Gasteiger charge is 2.13. The quantitative estimate of drug-likeness (QED) is 0.856. The van der Waals surface area contributed by atoms with E-state index >= 15 is 0 Å². The van der Waals surface area contributed by atoms with Gasteiger partial charge in [0, 0.05) is 19.2 Å². The first-order valence-electron chi connectivity index (χ1n) is 7.48. The monoisotopic (exact) mass is 330 g/mol. The third-order valence-corrected chi connectivity index (χ3v) is 3.40. The molecule has 2 amide bonds. The number of nitrogens with one attached hydrogen (secondary N) is 2. The molecular weight excluding hydrogens is 311 g/mol. The number of ether oxygens (including phenoxy) is 1. The number of hydrogen-bond donors (Lipinski definition) is 2. The molecule has 0 heterocycles. The second-order valence-electron chi connectivity index (χ2n) is 5.19. The van der Waals surface area contributed by atoms with E-state index in [2.05, 4.69) is 10.6 Å². The molecule has 0 radical (unpaired) electrons. The molecule has 2 rings (SSSR count). The van der Waals surface area contributed by atoms with E-state index in [1.54, 1.807) is 36.4 Å². The van der Waals surface area contributed by atoms with Gasteiger partial charge in [0.05, 0.1) is 12.7 Å². The molecule has 0 fully saturated rings. The molecular formula is C18H19FN2O3. The highest BCUT2D eigenvalue weighted by Crippen LogP contribution is 2.22. The average Bonchev–Trinajstić information content (AvgIpc) is 2.56. The van der Waals surface area contributed by atoms with Crippen LogP contribution in [0.4, 0.5) is 10.1 Å². The molecule has 0 aliphatic carbocycles. The van der Waals surface area contributed by atoms with Crippen molar-refractivity contribution in [2.24, 2.45) is 0 Å². The summed E-state index contributed by atoms with van der Waals surface area (Å²) in [5.74, 6) is -0.481. The predicted molar refractivity (Wildman–Crippen MR) is 89.7 cm³/mol. The van der Waals surface area contributed by atoms with Crippen LogP contribution in [0.15, 0.2) is 42.5 Å². The van der Waals surface area contributed by atoms with E-state index in [0.717, 1.165) is 0 Å². The van der Waals surface area contributed by atoms with Gasteiger partial charge in [-0.15, -0.1) is 0 Å². The first-order valence-corrected chi connectivity index (χ1v) is 7.48. The van der Waals surface area contributed by atoms with E-state index < -0.39 is 0 Å². The minimum absolute atomic E-state index is 0.230. The maximum atomic E-state index is 13.6. The normalized spacial score (nSPS) is 10.1. The summed E-state index contributed by atoms with van der Waals surface area (Å²) in [4.78, 5) is 23.5. The highest BCUT2D eigenvalue weighted by molar-refractivity contribution is 5.99. The zero-order valence-corrected chi connectivity index (χ0v) is 13.6. The van der Waals surface area contributed by atoms with Crippen LogP contribution in [0.25, 0.3) is 0 Å². The van der Waals surface area contributed by atoms with Gasteiger partial charge >= 0.3 is 0 Å². The lowest BCUT2D eigenvalue weighted by molar-refractivity contribution is -0.114. The summed E-state index contributed by atoms with van der Waals surface area (Å²) in [6.07, 6.45) is 0.381. The molecule has 24 heavy (non-hydrogen) atoms. The molecule has 0 bridgehead atoms. The largest absolute Gasteiger partial charge is 0.496 e. The number of benzene rings is 2. The first kappa shape index (κ1) is 17.5. The third-order valence-electron chi connectivity index (χ3n) is 3.40. The minimum atomic E-state index is -0.351. The molecule has 0 unspecified atom stereocenters. The van der Waals surface area contributed by atoms with E-state index in [0.29, 0.717) is 29.0 Å². The second kappa shape index (κ2) is 8.10. The first-order chi connectivity index (χ1) is 11.5. The van der Waals surface area contributed by atoms with Gasteiger partial charge in [0.2, 0.25) is 5.91 Å². The molecule has 0 spiro atoms. The minimum Gasteiger partial charge on any atom is -0.496 e. The van der Waals surface area contributed by atoms with Gasteiger partial charge in [-0.3, -0.25) is 9.59 Å². The maximum Gasteiger partial charge on any atom is 0.255 e. The fourth-order valence-electron chi connectivity index (χ4n) is 2.27. The number of amides is 2. The fraction of sp³-hybridized carbons (Fsp3) is 0.222. The van der Waals surface area contributed by atoms with Crippen LogP contribution in [0.5, 0.6) is 5.75 Å². The average molecular weight is 330 g/mol. The third kappa shape index (κ3) is 4.55. The van der Waals surface area contributed by atoms with Crippen molar-refractivity contribution in [2.45, 2.75) is 13.3 Å². The van der Waals surface area contributed by atoms with Crippen LogP contribution in [0.3, 0.4) is 0 Å². The van der Waals surface area contributed by atoms with E-state index in [1.165, 1.54) is 20.1 Å². The molecule has 0 saturated carbocycles. The van der Waals surface area contributed by atoms with Crippen LogP contribution in [0, 0.1) is 5.82 Å². The van der Waals surface area contributed by atoms with E-state index in [4.69, 9.17) is 4.74 Å². The number of halogens is 1. The Morgan fingerprint density at radius 1 is 1.17 bits per heavy atom. The van der Waals surface area contributed by atoms with Crippen molar-refractivity contribution in [3.63, 3.8) is 0 Å². The number of rotatable bonds is 6. The summed E-state index contributed by atoms with van der Waals surface area (Å²) < 4.78 is 18.7. The number of carbonyl (C=O) groups excluding carboxylic acids is 2. The summed E-state index contributed by atoms with van der Waals surface area (Å²) in [5, 5.41) is 5.35. The SMILES string of the molecule is COc1ccc(NC(C)=O)cc1C(=O)NCCc1ccccc1F. The molecule has 5 nitrogen and oxygen atoms in total. The standard InChI is InChI=1S/C18H19FN2O3/c1-12(22)21-14-7-8-17(24-2)15(11-14)18(23)20-10-9-13-5-3-4-6-16(13)19/h3-8,11H,9-10H2,1-2H3,(H,20,23)(H,21,22). The molecule has 2 aromatic rings. The molecule has 0 aromatic heterocycles. The van der Waals surface area contributed by atoms with Crippen LogP contribution >= 0.6 is 0 Å². The van der Waals surface area contributed by atoms with Gasteiger partial charge in [0.25, 0.3) is 5.91 Å². The Kier molecular flexibility index (Phi) is 5.89. The lowest BCUT2D eigenvalue weighted by atomic mass is 10.1. The maximum absolute atomic E-state index is 13.6. The Bertz CT molecular complexity index is 747. The fourth-order valence-corrected chi connectivity index (χ4v) is 2.27. The molecule has 0 atom stereocenters. The van der Waals surface area contributed by atoms with Gasteiger partial charge in [0.15, 0.2) is 0 Å². The summed E-state index contributed by atoms with van der Waals surface area (Å²) >= 11 is 0. The zero-order valence-electron chi connectivity index (χ0n) is 13.6. The van der Waals surface area contributed by atoms with Crippen LogP contribution in [0.1, 0.15) is 22.8 Å². The lowest BCUT2D eigenvalue weighted by Gasteiger charge is -2.12. The highest BCUT2D eigenvalue weighted by atomic mass is 19.1. The number of methoxy groups -OCH3 is 1. The van der Waals surface area contributed by atoms with Crippen LogP contribution in [-0.2, 0) is 11.2 Å². The molecule has 2 N–H and O–H groups in total. The molecule has 0 aliphatic rings. The van der Waals surface area contributed by atoms with Crippen molar-refractivity contribution in [3.8, 4) is 5.75 Å². The van der Waals surface area contributed by atoms with Crippen molar-refractivity contribution < 1.29 is 18.7 Å². The van der Waals surface area contributed by atoms with Gasteiger partial charge in [-0.1, -0.05) is 18.2 Å². The van der Waals surface area contributed by atoms with E-state index in [1.807, 2.05) is 0 Å². The van der Waals surface area contributed by atoms with Crippen molar-refractivity contribution in [1.29, 1.82) is 0 Å².